The second kappa shape index (κ2) is 11.4. The molecule has 176 valence electrons. The number of piperazine rings is 1. The molecule has 0 radical (unpaired) electrons. The van der Waals surface area contributed by atoms with Crippen LogP contribution in [-0.4, -0.2) is 72.4 Å². The number of nitro groups is 1. The van der Waals surface area contributed by atoms with Crippen LogP contribution < -0.4 is 15.4 Å². The van der Waals surface area contributed by atoms with Gasteiger partial charge in [0.2, 0.25) is 11.8 Å². The van der Waals surface area contributed by atoms with Crippen molar-refractivity contribution < 1.29 is 19.2 Å². The highest BCUT2D eigenvalue weighted by Gasteiger charge is 2.27. The summed E-state index contributed by atoms with van der Waals surface area (Å²) in [7, 11) is 1.44. The minimum atomic E-state index is -0.520. The van der Waals surface area contributed by atoms with Crippen molar-refractivity contribution in [3.8, 4) is 5.75 Å². The van der Waals surface area contributed by atoms with E-state index in [1.165, 1.54) is 25.3 Å². The van der Waals surface area contributed by atoms with Gasteiger partial charge in [0.05, 0.1) is 30.3 Å². The van der Waals surface area contributed by atoms with Crippen LogP contribution in [0.2, 0.25) is 0 Å². The van der Waals surface area contributed by atoms with Crippen LogP contribution in [0.15, 0.2) is 48.5 Å². The summed E-state index contributed by atoms with van der Waals surface area (Å²) in [6, 6.07) is 13.4. The van der Waals surface area contributed by atoms with Gasteiger partial charge in [-0.1, -0.05) is 30.3 Å². The van der Waals surface area contributed by atoms with Gasteiger partial charge in [-0.15, -0.1) is 0 Å². The Morgan fingerprint density at radius 2 is 1.82 bits per heavy atom. The first-order valence-corrected chi connectivity index (χ1v) is 10.8. The maximum absolute atomic E-state index is 12.8. The van der Waals surface area contributed by atoms with Gasteiger partial charge in [0.25, 0.3) is 5.69 Å². The number of nitro benzene ring substituents is 1. The lowest BCUT2D eigenvalue weighted by atomic mass is 10.2. The molecule has 1 heterocycles. The zero-order valence-electron chi connectivity index (χ0n) is 18.8. The Morgan fingerprint density at radius 3 is 2.45 bits per heavy atom. The maximum Gasteiger partial charge on any atom is 0.271 e. The number of nitrogens with zero attached hydrogens (tertiary/aromatic N) is 3. The summed E-state index contributed by atoms with van der Waals surface area (Å²) in [5.41, 5.74) is 1.19. The summed E-state index contributed by atoms with van der Waals surface area (Å²) in [5, 5.41) is 16.7. The Labute approximate surface area is 192 Å². The first kappa shape index (κ1) is 24.1. The van der Waals surface area contributed by atoms with E-state index in [0.29, 0.717) is 45.0 Å². The van der Waals surface area contributed by atoms with Crippen LogP contribution >= 0.6 is 0 Å². The maximum atomic E-state index is 12.8. The van der Waals surface area contributed by atoms with Gasteiger partial charge in [-0.2, -0.15) is 0 Å². The van der Waals surface area contributed by atoms with Gasteiger partial charge in [-0.05, 0) is 18.6 Å². The average molecular weight is 456 g/mol. The molecule has 10 nitrogen and oxygen atoms in total. The number of anilines is 1. The smallest absolute Gasteiger partial charge is 0.271 e. The Morgan fingerprint density at radius 1 is 1.12 bits per heavy atom. The molecule has 10 heteroatoms. The van der Waals surface area contributed by atoms with Gasteiger partial charge in [-0.3, -0.25) is 29.5 Å². The SMILES string of the molecule is COc1ccc([N+](=O)[O-])cc1NC(=O)C(C)N1CCN(CC(=O)NCc2ccccc2)CC1. The molecule has 1 fully saturated rings. The minimum Gasteiger partial charge on any atom is -0.495 e. The predicted molar refractivity (Wildman–Crippen MR) is 124 cm³/mol. The topological polar surface area (TPSA) is 117 Å². The van der Waals surface area contributed by atoms with Gasteiger partial charge < -0.3 is 15.4 Å². The molecule has 1 aliphatic rings. The van der Waals surface area contributed by atoms with Crippen LogP contribution in [0.3, 0.4) is 0 Å². The molecular weight excluding hydrogens is 426 g/mol. The van der Waals surface area contributed by atoms with Crippen molar-refractivity contribution in [2.24, 2.45) is 0 Å². The normalized spacial score (nSPS) is 15.5. The number of ether oxygens (including phenoxy) is 1. The number of nitrogens with one attached hydrogen (secondary N) is 2. The van der Waals surface area contributed by atoms with Crippen LogP contribution in [0.5, 0.6) is 5.75 Å². The van der Waals surface area contributed by atoms with Crippen LogP contribution in [0.1, 0.15) is 12.5 Å². The quantitative estimate of drug-likeness (QED) is 0.438. The zero-order chi connectivity index (χ0) is 23.8. The van der Waals surface area contributed by atoms with E-state index in [1.807, 2.05) is 35.2 Å². The second-order valence-corrected chi connectivity index (χ2v) is 7.88. The highest BCUT2D eigenvalue weighted by Crippen LogP contribution is 2.29. The molecule has 1 atom stereocenters. The number of methoxy groups -OCH3 is 1. The standard InChI is InChI=1S/C23H29N5O5/c1-17(23(30)25-20-14-19(28(31)32)8-9-21(20)33-2)27-12-10-26(11-13-27)16-22(29)24-15-18-6-4-3-5-7-18/h3-9,14,17H,10-13,15-16H2,1-2H3,(H,24,29)(H,25,30). The molecule has 0 bridgehead atoms. The Hall–Kier alpha value is -3.50. The summed E-state index contributed by atoms with van der Waals surface area (Å²) in [4.78, 5) is 39.7. The fraction of sp³-hybridized carbons (Fsp3) is 0.391. The lowest BCUT2D eigenvalue weighted by Crippen LogP contribution is -2.54. The van der Waals surface area contributed by atoms with E-state index < -0.39 is 11.0 Å². The van der Waals surface area contributed by atoms with Crippen molar-refractivity contribution in [2.75, 3.05) is 45.2 Å². The number of hydrogen-bond donors (Lipinski definition) is 2. The highest BCUT2D eigenvalue weighted by atomic mass is 16.6. The fourth-order valence-corrected chi connectivity index (χ4v) is 3.67. The molecule has 1 unspecified atom stereocenters. The van der Waals surface area contributed by atoms with Gasteiger partial charge >= 0.3 is 0 Å². The molecule has 33 heavy (non-hydrogen) atoms. The first-order chi connectivity index (χ1) is 15.9. The zero-order valence-corrected chi connectivity index (χ0v) is 18.8. The van der Waals surface area contributed by atoms with Crippen molar-refractivity contribution in [1.82, 2.24) is 15.1 Å². The number of carbonyl (C=O) groups excluding carboxylic acids is 2. The number of carbonyl (C=O) groups is 2. The summed E-state index contributed by atoms with van der Waals surface area (Å²) in [6.45, 7) is 5.19. The molecule has 2 aromatic rings. The van der Waals surface area contributed by atoms with E-state index in [1.54, 1.807) is 6.92 Å². The second-order valence-electron chi connectivity index (χ2n) is 7.88. The van der Waals surface area contributed by atoms with E-state index >= 15 is 0 Å². The monoisotopic (exact) mass is 455 g/mol. The molecule has 1 saturated heterocycles. The summed E-state index contributed by atoms with van der Waals surface area (Å²) in [5.74, 6) is 0.0474. The van der Waals surface area contributed by atoms with Crippen molar-refractivity contribution >= 4 is 23.2 Å². The molecule has 2 amide bonds. The third kappa shape index (κ3) is 6.74. The molecule has 0 spiro atoms. The molecule has 0 aliphatic carbocycles. The summed E-state index contributed by atoms with van der Waals surface area (Å²) in [6.07, 6.45) is 0. The van der Waals surface area contributed by atoms with Gasteiger partial charge in [0.15, 0.2) is 0 Å². The number of hydrogen-bond acceptors (Lipinski definition) is 7. The largest absolute Gasteiger partial charge is 0.495 e. The first-order valence-electron chi connectivity index (χ1n) is 10.8. The third-order valence-electron chi connectivity index (χ3n) is 5.69. The van der Waals surface area contributed by atoms with Crippen molar-refractivity contribution in [3.05, 3.63) is 64.2 Å². The number of non-ortho nitro benzene ring substituents is 1. The van der Waals surface area contributed by atoms with Gasteiger partial charge in [0, 0.05) is 44.9 Å². The van der Waals surface area contributed by atoms with Crippen molar-refractivity contribution in [3.63, 3.8) is 0 Å². The van der Waals surface area contributed by atoms with Crippen LogP contribution in [0.25, 0.3) is 0 Å². The summed E-state index contributed by atoms with van der Waals surface area (Å²) >= 11 is 0. The van der Waals surface area contributed by atoms with E-state index in [9.17, 15) is 19.7 Å². The molecule has 3 rings (SSSR count). The lowest BCUT2D eigenvalue weighted by molar-refractivity contribution is -0.384. The third-order valence-corrected chi connectivity index (χ3v) is 5.69. The number of benzene rings is 2. The molecule has 1 aliphatic heterocycles. The van der Waals surface area contributed by atoms with Crippen molar-refractivity contribution in [1.29, 1.82) is 0 Å². The number of rotatable bonds is 9. The minimum absolute atomic E-state index is 0.0316. The Kier molecular flexibility index (Phi) is 8.34. The Bertz CT molecular complexity index is 976. The molecule has 0 aromatic heterocycles. The van der Waals surface area contributed by atoms with Gasteiger partial charge in [-0.25, -0.2) is 0 Å². The molecular formula is C23H29N5O5. The van der Waals surface area contributed by atoms with Gasteiger partial charge in [0.1, 0.15) is 5.75 Å². The van der Waals surface area contributed by atoms with Crippen LogP contribution in [0, 0.1) is 10.1 Å². The molecule has 0 saturated carbocycles. The lowest BCUT2D eigenvalue weighted by Gasteiger charge is -2.37. The van der Waals surface area contributed by atoms with E-state index in [0.717, 1.165) is 5.56 Å². The van der Waals surface area contributed by atoms with Crippen LogP contribution in [0.4, 0.5) is 11.4 Å². The molecule has 2 aromatic carbocycles. The Balaban J connectivity index is 1.47. The molecule has 2 N–H and O–H groups in total. The van der Waals surface area contributed by atoms with E-state index in [2.05, 4.69) is 15.5 Å². The summed E-state index contributed by atoms with van der Waals surface area (Å²) < 4.78 is 5.21. The van der Waals surface area contributed by atoms with Crippen molar-refractivity contribution in [2.45, 2.75) is 19.5 Å². The number of amides is 2. The van der Waals surface area contributed by atoms with Crippen LogP contribution in [-0.2, 0) is 16.1 Å². The predicted octanol–water partition coefficient (Wildman–Crippen LogP) is 1.86. The van der Waals surface area contributed by atoms with E-state index in [-0.39, 0.29) is 23.2 Å². The highest BCUT2D eigenvalue weighted by molar-refractivity contribution is 5.96. The fourth-order valence-electron chi connectivity index (χ4n) is 3.67. The van der Waals surface area contributed by atoms with E-state index in [4.69, 9.17) is 4.74 Å². The average Bonchev–Trinajstić information content (AvgIpc) is 2.83.